The van der Waals surface area contributed by atoms with E-state index in [1.165, 1.54) is 6.21 Å². The number of hydrazone groups is 1. The second-order valence-electron chi connectivity index (χ2n) is 3.24. The maximum Gasteiger partial charge on any atom is 0.184 e. The van der Waals surface area contributed by atoms with Crippen molar-refractivity contribution >= 4 is 39.4 Å². The summed E-state index contributed by atoms with van der Waals surface area (Å²) in [5, 5.41) is 6.29. The van der Waals surface area contributed by atoms with Crippen LogP contribution in [0.15, 0.2) is 29.4 Å². The number of nitrogens with two attached hydrogens (primary N) is 1. The van der Waals surface area contributed by atoms with Gasteiger partial charge in [-0.05, 0) is 29.9 Å². The molecule has 0 saturated heterocycles. The molecule has 18 heavy (non-hydrogen) atoms. The molecule has 0 atom stereocenters. The van der Waals surface area contributed by atoms with Crippen LogP contribution in [0.4, 0.5) is 5.69 Å². The van der Waals surface area contributed by atoms with Crippen molar-refractivity contribution < 1.29 is 13.0 Å². The van der Waals surface area contributed by atoms with Crippen LogP contribution in [0.3, 0.4) is 0 Å². The van der Waals surface area contributed by atoms with Crippen molar-refractivity contribution in [3.63, 3.8) is 0 Å². The van der Waals surface area contributed by atoms with Crippen molar-refractivity contribution in [3.8, 4) is 0 Å². The fraction of sp³-hybridized carbons (Fsp3) is 0.111. The Hall–Kier alpha value is -1.71. The summed E-state index contributed by atoms with van der Waals surface area (Å²) in [6, 6.07) is 6.61. The Morgan fingerprint density at radius 2 is 2.06 bits per heavy atom. The van der Waals surface area contributed by atoms with Gasteiger partial charge in [-0.25, -0.2) is 8.42 Å². The van der Waals surface area contributed by atoms with Crippen LogP contribution in [0.25, 0.3) is 0 Å². The average Bonchev–Trinajstić information content (AvgIpc) is 2.26. The van der Waals surface area contributed by atoms with E-state index in [4.69, 9.17) is 5.73 Å². The first-order valence-corrected chi connectivity index (χ1v) is 6.71. The largest absolute Gasteiger partial charge is 0.747 e. The normalized spacial score (nSPS) is 11.4. The van der Waals surface area contributed by atoms with Crippen molar-refractivity contribution in [1.82, 2.24) is 5.43 Å². The van der Waals surface area contributed by atoms with Crippen molar-refractivity contribution in [2.45, 2.75) is 0 Å². The van der Waals surface area contributed by atoms with Crippen LogP contribution in [-0.2, 0) is 10.1 Å². The lowest BCUT2D eigenvalue weighted by atomic mass is 10.2. The van der Waals surface area contributed by atoms with Crippen LogP contribution >= 0.6 is 12.2 Å². The third-order valence-corrected chi connectivity index (χ3v) is 2.34. The molecule has 0 fully saturated rings. The molecule has 0 aliphatic rings. The highest BCUT2D eigenvalue weighted by Crippen LogP contribution is 2.08. The van der Waals surface area contributed by atoms with Gasteiger partial charge in [0.05, 0.1) is 6.21 Å². The first kappa shape index (κ1) is 14.4. The minimum atomic E-state index is -4.28. The fourth-order valence-corrected chi connectivity index (χ4v) is 1.43. The molecule has 0 amide bonds. The average molecular weight is 287 g/mol. The van der Waals surface area contributed by atoms with Gasteiger partial charge >= 0.3 is 0 Å². The molecule has 9 heteroatoms. The quantitative estimate of drug-likeness (QED) is 0.296. The Labute approximate surface area is 110 Å². The van der Waals surface area contributed by atoms with Gasteiger partial charge in [0.15, 0.2) is 5.11 Å². The molecule has 4 N–H and O–H groups in total. The predicted octanol–water partition coefficient (Wildman–Crippen LogP) is -0.232. The van der Waals surface area contributed by atoms with Crippen molar-refractivity contribution in [2.24, 2.45) is 10.8 Å². The van der Waals surface area contributed by atoms with Crippen LogP contribution in [0.2, 0.25) is 0 Å². The summed E-state index contributed by atoms with van der Waals surface area (Å²) in [5.41, 5.74) is 8.85. The van der Waals surface area contributed by atoms with E-state index in [9.17, 15) is 13.0 Å². The predicted molar refractivity (Wildman–Crippen MR) is 72.1 cm³/mol. The van der Waals surface area contributed by atoms with Gasteiger partial charge in [0.25, 0.3) is 0 Å². The molecule has 0 bridgehead atoms. The number of nitrogens with zero attached hydrogens (tertiary/aromatic N) is 1. The number of hydrogen-bond acceptors (Lipinski definition) is 6. The third kappa shape index (κ3) is 6.13. The third-order valence-electron chi connectivity index (χ3n) is 1.75. The molecule has 1 rings (SSSR count). The summed E-state index contributed by atoms with van der Waals surface area (Å²) < 4.78 is 31.2. The van der Waals surface area contributed by atoms with Gasteiger partial charge in [0, 0.05) is 5.69 Å². The highest BCUT2D eigenvalue weighted by Gasteiger charge is 1.96. The second kappa shape index (κ2) is 6.28. The number of thiocarbonyl (C=S) groups is 1. The van der Waals surface area contributed by atoms with Crippen LogP contribution in [0.1, 0.15) is 5.56 Å². The fourth-order valence-electron chi connectivity index (χ4n) is 1.03. The van der Waals surface area contributed by atoms with E-state index in [2.05, 4.69) is 28.1 Å². The van der Waals surface area contributed by atoms with Crippen LogP contribution in [0, 0.1) is 0 Å². The van der Waals surface area contributed by atoms with Crippen LogP contribution in [-0.4, -0.2) is 30.2 Å². The van der Waals surface area contributed by atoms with Crippen LogP contribution < -0.4 is 16.5 Å². The highest BCUT2D eigenvalue weighted by atomic mass is 32.2. The smallest absolute Gasteiger partial charge is 0.184 e. The maximum atomic E-state index is 10.4. The number of rotatable bonds is 5. The zero-order chi connectivity index (χ0) is 13.6. The molecule has 0 heterocycles. The van der Waals surface area contributed by atoms with Gasteiger partial charge in [-0.2, -0.15) is 5.10 Å². The first-order chi connectivity index (χ1) is 8.37. The highest BCUT2D eigenvalue weighted by molar-refractivity contribution is 7.85. The Balaban J connectivity index is 2.57. The van der Waals surface area contributed by atoms with E-state index in [0.29, 0.717) is 5.69 Å². The lowest BCUT2D eigenvalue weighted by Crippen LogP contribution is -2.23. The number of nitrogens with one attached hydrogen (secondary N) is 2. The van der Waals surface area contributed by atoms with Gasteiger partial charge in [-0.15, -0.1) is 0 Å². The minimum absolute atomic E-state index is 0.0604. The molecule has 1 aromatic rings. The molecule has 0 unspecified atom stereocenters. The maximum absolute atomic E-state index is 10.4. The summed E-state index contributed by atoms with van der Waals surface area (Å²) in [7, 11) is -4.28. The van der Waals surface area contributed by atoms with E-state index in [1.807, 2.05) is 0 Å². The van der Waals surface area contributed by atoms with Crippen molar-refractivity contribution in [3.05, 3.63) is 29.8 Å². The molecule has 1 aromatic carbocycles. The number of hydrogen-bond donors (Lipinski definition) is 3. The molecule has 0 aromatic heterocycles. The Kier molecular flexibility index (Phi) is 5.01. The van der Waals surface area contributed by atoms with Crippen LogP contribution in [0.5, 0.6) is 0 Å². The van der Waals surface area contributed by atoms with E-state index in [0.717, 1.165) is 5.56 Å². The van der Waals surface area contributed by atoms with E-state index in [1.54, 1.807) is 24.3 Å². The zero-order valence-electron chi connectivity index (χ0n) is 9.16. The molecule has 98 valence electrons. The molecule has 7 nitrogen and oxygen atoms in total. The lowest BCUT2D eigenvalue weighted by Gasteiger charge is -2.09. The Bertz CT molecular complexity index is 539. The summed E-state index contributed by atoms with van der Waals surface area (Å²) in [5.74, 6) is -0.649. The lowest BCUT2D eigenvalue weighted by molar-refractivity contribution is 0.465. The first-order valence-electron chi connectivity index (χ1n) is 4.73. The van der Waals surface area contributed by atoms with Crippen molar-refractivity contribution in [1.29, 1.82) is 0 Å². The van der Waals surface area contributed by atoms with Gasteiger partial charge in [-0.1, -0.05) is 12.1 Å². The van der Waals surface area contributed by atoms with E-state index in [-0.39, 0.29) is 5.11 Å². The van der Waals surface area contributed by atoms with E-state index < -0.39 is 16.0 Å². The molecular weight excluding hydrogens is 276 g/mol. The Morgan fingerprint density at radius 3 is 2.56 bits per heavy atom. The standard InChI is InChI=1S/C9H12N4O3S2/c10-9(17)13-12-5-7-1-3-8(4-2-7)11-6-18(14,15)16/h1-5,11H,6H2,(H3,10,13,17)(H,14,15,16)/p-1/b12-5+. The molecule has 0 aliphatic heterocycles. The molecule has 0 radical (unpaired) electrons. The molecule has 0 spiro atoms. The van der Waals surface area contributed by atoms with Gasteiger partial charge in [0.1, 0.15) is 16.0 Å². The van der Waals surface area contributed by atoms with Gasteiger partial charge in [0.2, 0.25) is 0 Å². The Morgan fingerprint density at radius 1 is 1.44 bits per heavy atom. The van der Waals surface area contributed by atoms with E-state index >= 15 is 0 Å². The monoisotopic (exact) mass is 287 g/mol. The summed E-state index contributed by atoms with van der Waals surface area (Å²) in [4.78, 5) is 0. The topological polar surface area (TPSA) is 120 Å². The molecular formula is C9H11N4O3S2-. The number of benzene rings is 1. The van der Waals surface area contributed by atoms with Gasteiger partial charge < -0.3 is 15.6 Å². The SMILES string of the molecule is NC(=S)N/N=C/c1ccc(NCS(=O)(=O)[O-])cc1. The summed E-state index contributed by atoms with van der Waals surface area (Å²) in [6.45, 7) is 0. The number of anilines is 1. The summed E-state index contributed by atoms with van der Waals surface area (Å²) in [6.07, 6.45) is 1.49. The summed E-state index contributed by atoms with van der Waals surface area (Å²) >= 11 is 4.56. The minimum Gasteiger partial charge on any atom is -0.747 e. The molecule has 0 saturated carbocycles. The molecule has 0 aliphatic carbocycles. The second-order valence-corrected chi connectivity index (χ2v) is 5.08. The van der Waals surface area contributed by atoms with Crippen molar-refractivity contribution in [2.75, 3.05) is 11.2 Å². The van der Waals surface area contributed by atoms with Gasteiger partial charge in [-0.3, -0.25) is 5.43 Å². The zero-order valence-corrected chi connectivity index (χ0v) is 10.8.